The molecule has 1 aromatic carbocycles. The van der Waals surface area contributed by atoms with Crippen molar-refractivity contribution in [3.8, 4) is 5.75 Å². The minimum Gasteiger partial charge on any atom is -0.491 e. The third-order valence-electron chi connectivity index (χ3n) is 2.41. The first kappa shape index (κ1) is 20.4. The van der Waals surface area contributed by atoms with E-state index >= 15 is 0 Å². The van der Waals surface area contributed by atoms with Crippen LogP contribution in [0.5, 0.6) is 5.75 Å². The standard InChI is InChI=1S/C15H23NO4.C2H6.H2/c1-3-16-14-4-6-15(7-5-14)20-11-10-18-8-9-19-12-13(2)17;1-2;/h4-7,16H,3,8-12H2,1-2H3;1-2H3;1H. The summed E-state index contributed by atoms with van der Waals surface area (Å²) in [6, 6.07) is 7.81. The van der Waals surface area contributed by atoms with E-state index in [0.717, 1.165) is 18.0 Å². The molecule has 1 aromatic rings. The normalized spacial score (nSPS) is 9.64. The summed E-state index contributed by atoms with van der Waals surface area (Å²) in [4.78, 5) is 10.6. The second kappa shape index (κ2) is 14.4. The van der Waals surface area contributed by atoms with Gasteiger partial charge in [-0.1, -0.05) is 13.8 Å². The van der Waals surface area contributed by atoms with Crippen LogP contribution in [0.2, 0.25) is 0 Å². The van der Waals surface area contributed by atoms with E-state index in [1.165, 1.54) is 6.92 Å². The van der Waals surface area contributed by atoms with E-state index in [0.29, 0.717) is 26.4 Å². The molecule has 0 amide bonds. The molecule has 0 aliphatic heterocycles. The molecule has 5 nitrogen and oxygen atoms in total. The van der Waals surface area contributed by atoms with Gasteiger partial charge in [0.1, 0.15) is 19.0 Å². The van der Waals surface area contributed by atoms with Crippen LogP contribution in [-0.2, 0) is 14.3 Å². The number of carbonyl (C=O) groups excluding carboxylic acids is 1. The maximum Gasteiger partial charge on any atom is 0.155 e. The van der Waals surface area contributed by atoms with Crippen LogP contribution in [0.4, 0.5) is 5.69 Å². The molecular formula is C17H31NO4. The quantitative estimate of drug-likeness (QED) is 0.635. The molecular weight excluding hydrogens is 282 g/mol. The smallest absolute Gasteiger partial charge is 0.155 e. The lowest BCUT2D eigenvalue weighted by Gasteiger charge is -2.08. The first-order valence-electron chi connectivity index (χ1n) is 7.84. The number of rotatable bonds is 11. The Hall–Kier alpha value is -1.59. The maximum atomic E-state index is 10.6. The molecule has 0 aliphatic carbocycles. The number of hydrogen-bond donors (Lipinski definition) is 1. The third kappa shape index (κ3) is 11.1. The number of hydrogen-bond acceptors (Lipinski definition) is 5. The van der Waals surface area contributed by atoms with E-state index < -0.39 is 0 Å². The van der Waals surface area contributed by atoms with Crippen molar-refractivity contribution in [2.75, 3.05) is 44.9 Å². The summed E-state index contributed by atoms with van der Waals surface area (Å²) in [6.07, 6.45) is 0. The van der Waals surface area contributed by atoms with Gasteiger partial charge >= 0.3 is 0 Å². The molecule has 0 saturated heterocycles. The fourth-order valence-corrected chi connectivity index (χ4v) is 1.53. The molecule has 0 fully saturated rings. The number of nitrogens with one attached hydrogen (secondary N) is 1. The molecule has 0 saturated carbocycles. The van der Waals surface area contributed by atoms with Crippen LogP contribution in [0.3, 0.4) is 0 Å². The molecule has 1 N–H and O–H groups in total. The van der Waals surface area contributed by atoms with Crippen LogP contribution < -0.4 is 10.1 Å². The number of carbonyl (C=O) groups is 1. The first-order valence-corrected chi connectivity index (χ1v) is 7.84. The lowest BCUT2D eigenvalue weighted by molar-refractivity contribution is -0.122. The number of ketones is 1. The summed E-state index contributed by atoms with van der Waals surface area (Å²) in [6.45, 7) is 10.5. The molecule has 0 spiro atoms. The highest BCUT2D eigenvalue weighted by atomic mass is 16.5. The summed E-state index contributed by atoms with van der Waals surface area (Å²) in [5, 5.41) is 3.22. The zero-order valence-electron chi connectivity index (χ0n) is 14.2. The second-order valence-electron chi connectivity index (χ2n) is 4.27. The van der Waals surface area contributed by atoms with E-state index in [-0.39, 0.29) is 13.8 Å². The maximum absolute atomic E-state index is 10.6. The molecule has 128 valence electrons. The predicted molar refractivity (Wildman–Crippen MR) is 91.9 cm³/mol. The van der Waals surface area contributed by atoms with E-state index in [2.05, 4.69) is 12.2 Å². The van der Waals surface area contributed by atoms with Crippen LogP contribution in [-0.4, -0.2) is 45.4 Å². The Morgan fingerprint density at radius 3 is 2.23 bits per heavy atom. The minimum atomic E-state index is 0. The Morgan fingerprint density at radius 1 is 1.05 bits per heavy atom. The Morgan fingerprint density at radius 2 is 1.64 bits per heavy atom. The van der Waals surface area contributed by atoms with Crippen molar-refractivity contribution in [1.29, 1.82) is 0 Å². The monoisotopic (exact) mass is 313 g/mol. The van der Waals surface area contributed by atoms with Crippen molar-refractivity contribution < 1.29 is 20.4 Å². The van der Waals surface area contributed by atoms with Gasteiger partial charge in [0, 0.05) is 13.7 Å². The summed E-state index contributed by atoms with van der Waals surface area (Å²) in [5.74, 6) is 0.845. The summed E-state index contributed by atoms with van der Waals surface area (Å²) >= 11 is 0. The molecule has 0 radical (unpaired) electrons. The van der Waals surface area contributed by atoms with Crippen molar-refractivity contribution in [3.63, 3.8) is 0 Å². The highest BCUT2D eigenvalue weighted by molar-refractivity contribution is 5.76. The van der Waals surface area contributed by atoms with Gasteiger partial charge in [-0.05, 0) is 38.1 Å². The molecule has 0 bridgehead atoms. The molecule has 0 atom stereocenters. The van der Waals surface area contributed by atoms with Gasteiger partial charge in [0.25, 0.3) is 0 Å². The molecule has 1 rings (SSSR count). The van der Waals surface area contributed by atoms with Crippen LogP contribution in [0, 0.1) is 0 Å². The minimum absolute atomic E-state index is 0. The fourth-order valence-electron chi connectivity index (χ4n) is 1.53. The number of benzene rings is 1. The van der Waals surface area contributed by atoms with Gasteiger partial charge in [-0.2, -0.15) is 0 Å². The Labute approximate surface area is 135 Å². The molecule has 0 aromatic heterocycles. The van der Waals surface area contributed by atoms with E-state index in [4.69, 9.17) is 14.2 Å². The lowest BCUT2D eigenvalue weighted by Crippen LogP contribution is -2.13. The third-order valence-corrected chi connectivity index (χ3v) is 2.41. The van der Waals surface area contributed by atoms with Crippen LogP contribution in [0.25, 0.3) is 0 Å². The Balaban J connectivity index is 0. The zero-order chi connectivity index (χ0) is 16.6. The van der Waals surface area contributed by atoms with Gasteiger partial charge in [-0.25, -0.2) is 0 Å². The highest BCUT2D eigenvalue weighted by Crippen LogP contribution is 2.15. The second-order valence-corrected chi connectivity index (χ2v) is 4.27. The fraction of sp³-hybridized carbons (Fsp3) is 0.588. The Kier molecular flexibility index (Phi) is 13.3. The van der Waals surface area contributed by atoms with E-state index in [1.54, 1.807) is 0 Å². The van der Waals surface area contributed by atoms with Gasteiger partial charge < -0.3 is 19.5 Å². The van der Waals surface area contributed by atoms with Gasteiger partial charge in [-0.3, -0.25) is 4.79 Å². The predicted octanol–water partition coefficient (Wildman–Crippen LogP) is 3.39. The van der Waals surface area contributed by atoms with Crippen molar-refractivity contribution in [3.05, 3.63) is 24.3 Å². The molecule has 5 heteroatoms. The van der Waals surface area contributed by atoms with E-state index in [9.17, 15) is 4.79 Å². The summed E-state index contributed by atoms with van der Waals surface area (Å²) in [5.41, 5.74) is 1.08. The number of ether oxygens (including phenoxy) is 3. The van der Waals surface area contributed by atoms with Crippen molar-refractivity contribution in [2.45, 2.75) is 27.7 Å². The molecule has 0 unspecified atom stereocenters. The van der Waals surface area contributed by atoms with E-state index in [1.807, 2.05) is 38.1 Å². The SMILES string of the molecule is CC.CCNc1ccc(OCCOCCOCC(C)=O)cc1.[HH]. The summed E-state index contributed by atoms with van der Waals surface area (Å²) < 4.78 is 15.9. The largest absolute Gasteiger partial charge is 0.491 e. The van der Waals surface area contributed by atoms with Crippen molar-refractivity contribution in [2.24, 2.45) is 0 Å². The van der Waals surface area contributed by atoms with Crippen molar-refractivity contribution >= 4 is 11.5 Å². The first-order chi connectivity index (χ1) is 10.7. The highest BCUT2D eigenvalue weighted by Gasteiger charge is 1.96. The molecule has 0 aliphatic rings. The zero-order valence-corrected chi connectivity index (χ0v) is 14.2. The topological polar surface area (TPSA) is 56.8 Å². The summed E-state index contributed by atoms with van der Waals surface area (Å²) in [7, 11) is 0. The van der Waals surface area contributed by atoms with Crippen LogP contribution >= 0.6 is 0 Å². The van der Waals surface area contributed by atoms with Gasteiger partial charge in [0.2, 0.25) is 0 Å². The van der Waals surface area contributed by atoms with Crippen LogP contribution in [0.1, 0.15) is 29.1 Å². The Bertz CT molecular complexity index is 385. The van der Waals surface area contributed by atoms with Gasteiger partial charge in [0.05, 0.1) is 19.8 Å². The average molecular weight is 313 g/mol. The van der Waals surface area contributed by atoms with Crippen molar-refractivity contribution in [1.82, 2.24) is 0 Å². The number of Topliss-reactive ketones (excluding diaryl/α,β-unsaturated/α-hetero) is 1. The lowest BCUT2D eigenvalue weighted by atomic mass is 10.3. The molecule has 22 heavy (non-hydrogen) atoms. The average Bonchev–Trinajstić information content (AvgIpc) is 2.53. The molecule has 0 heterocycles. The van der Waals surface area contributed by atoms with Gasteiger partial charge in [0.15, 0.2) is 5.78 Å². The number of anilines is 1. The van der Waals surface area contributed by atoms with Crippen LogP contribution in [0.15, 0.2) is 24.3 Å². The van der Waals surface area contributed by atoms with Gasteiger partial charge in [-0.15, -0.1) is 0 Å².